The lowest BCUT2D eigenvalue weighted by atomic mass is 10.1. The number of carbonyl (C=O) groups is 1. The van der Waals surface area contributed by atoms with E-state index in [1.165, 1.54) is 0 Å². The van der Waals surface area contributed by atoms with Gasteiger partial charge in [-0.25, -0.2) is 4.98 Å². The Kier molecular flexibility index (Phi) is 3.61. The Hall–Kier alpha value is -1.58. The molecular formula is C13H19N3O. The highest BCUT2D eigenvalue weighted by atomic mass is 16.1. The molecule has 2 rings (SSSR count). The minimum absolute atomic E-state index is 0.223. The number of hydrogen-bond acceptors (Lipinski definition) is 3. The lowest BCUT2D eigenvalue weighted by molar-refractivity contribution is -0.118. The summed E-state index contributed by atoms with van der Waals surface area (Å²) in [5.74, 6) is 0.979. The number of nitrogens with zero attached hydrogens (tertiary/aromatic N) is 3. The number of hydrogen-bond donors (Lipinski definition) is 0. The first-order chi connectivity index (χ1) is 8.26. The van der Waals surface area contributed by atoms with Crippen LogP contribution in [-0.2, 0) is 4.79 Å². The first kappa shape index (κ1) is 11.9. The van der Waals surface area contributed by atoms with Crippen LogP contribution >= 0.6 is 0 Å². The summed E-state index contributed by atoms with van der Waals surface area (Å²) >= 11 is 0. The molecule has 1 aromatic rings. The molecule has 92 valence electrons. The van der Waals surface area contributed by atoms with Crippen molar-refractivity contribution in [1.82, 2.24) is 9.88 Å². The van der Waals surface area contributed by atoms with Crippen molar-refractivity contribution < 1.29 is 4.79 Å². The van der Waals surface area contributed by atoms with Crippen molar-refractivity contribution in [2.24, 2.45) is 0 Å². The second-order valence-corrected chi connectivity index (χ2v) is 4.47. The topological polar surface area (TPSA) is 36.4 Å². The molecule has 0 bridgehead atoms. The Morgan fingerprint density at radius 1 is 1.59 bits per heavy atom. The van der Waals surface area contributed by atoms with Crippen molar-refractivity contribution in [2.75, 3.05) is 25.0 Å². The molecule has 0 saturated carbocycles. The smallest absolute Gasteiger partial charge is 0.210 e. The molecule has 1 unspecified atom stereocenters. The average Bonchev–Trinajstić information content (AvgIpc) is 2.86. The molecule has 0 aliphatic carbocycles. The number of anilines is 1. The van der Waals surface area contributed by atoms with E-state index in [1.54, 1.807) is 0 Å². The fraction of sp³-hybridized carbons (Fsp3) is 0.538. The van der Waals surface area contributed by atoms with Crippen molar-refractivity contribution in [3.63, 3.8) is 0 Å². The molecule has 2 heterocycles. The van der Waals surface area contributed by atoms with Gasteiger partial charge in [-0.1, -0.05) is 6.07 Å². The predicted octanol–water partition coefficient (Wildman–Crippen LogP) is 1.83. The molecule has 0 aromatic carbocycles. The molecule has 1 aliphatic rings. The molecule has 4 nitrogen and oxygen atoms in total. The molecule has 0 radical (unpaired) electrons. The predicted molar refractivity (Wildman–Crippen MR) is 67.9 cm³/mol. The third-order valence-electron chi connectivity index (χ3n) is 3.45. The lowest BCUT2D eigenvalue weighted by Gasteiger charge is -2.21. The zero-order valence-electron chi connectivity index (χ0n) is 10.5. The first-order valence-corrected chi connectivity index (χ1v) is 6.14. The van der Waals surface area contributed by atoms with Gasteiger partial charge in [0.25, 0.3) is 0 Å². The standard InChI is InChI=1S/C13H19N3O/c1-3-15(2)13-7-6-11(9-14-13)12-5-4-8-16(12)10-17/h6-7,9-10,12H,3-5,8H2,1-2H3. The monoisotopic (exact) mass is 233 g/mol. The molecular weight excluding hydrogens is 214 g/mol. The van der Waals surface area contributed by atoms with Crippen molar-refractivity contribution in [2.45, 2.75) is 25.8 Å². The van der Waals surface area contributed by atoms with E-state index in [0.717, 1.165) is 43.7 Å². The fourth-order valence-electron chi connectivity index (χ4n) is 2.26. The van der Waals surface area contributed by atoms with Gasteiger partial charge in [-0.2, -0.15) is 0 Å². The average molecular weight is 233 g/mol. The van der Waals surface area contributed by atoms with Gasteiger partial charge < -0.3 is 9.80 Å². The summed E-state index contributed by atoms with van der Waals surface area (Å²) in [4.78, 5) is 19.3. The molecule has 0 N–H and O–H groups in total. The van der Waals surface area contributed by atoms with Crippen LogP contribution in [-0.4, -0.2) is 36.4 Å². The summed E-state index contributed by atoms with van der Waals surface area (Å²) in [5.41, 5.74) is 1.14. The van der Waals surface area contributed by atoms with E-state index in [2.05, 4.69) is 22.9 Å². The van der Waals surface area contributed by atoms with Crippen LogP contribution in [0, 0.1) is 0 Å². The van der Waals surface area contributed by atoms with E-state index in [1.807, 2.05) is 24.2 Å². The van der Waals surface area contributed by atoms with Gasteiger partial charge >= 0.3 is 0 Å². The van der Waals surface area contributed by atoms with Gasteiger partial charge in [0, 0.05) is 26.3 Å². The fourth-order valence-corrected chi connectivity index (χ4v) is 2.26. The maximum Gasteiger partial charge on any atom is 0.210 e. The van der Waals surface area contributed by atoms with Crippen LogP contribution in [0.1, 0.15) is 31.4 Å². The quantitative estimate of drug-likeness (QED) is 0.744. The highest BCUT2D eigenvalue weighted by molar-refractivity contribution is 5.50. The van der Waals surface area contributed by atoms with Gasteiger partial charge in [0.05, 0.1) is 6.04 Å². The van der Waals surface area contributed by atoms with Crippen molar-refractivity contribution in [3.8, 4) is 0 Å². The summed E-state index contributed by atoms with van der Waals surface area (Å²) in [5, 5.41) is 0. The van der Waals surface area contributed by atoms with Gasteiger partial charge in [0.2, 0.25) is 6.41 Å². The van der Waals surface area contributed by atoms with Crippen molar-refractivity contribution >= 4 is 12.2 Å². The summed E-state index contributed by atoms with van der Waals surface area (Å²) in [6, 6.07) is 4.34. The summed E-state index contributed by atoms with van der Waals surface area (Å²) in [7, 11) is 2.02. The zero-order valence-corrected chi connectivity index (χ0v) is 10.5. The Morgan fingerprint density at radius 3 is 3.00 bits per heavy atom. The third kappa shape index (κ3) is 2.40. The largest absolute Gasteiger partial charge is 0.360 e. The Bertz CT molecular complexity index is 377. The van der Waals surface area contributed by atoms with Crippen LogP contribution in [0.3, 0.4) is 0 Å². The van der Waals surface area contributed by atoms with Crippen molar-refractivity contribution in [1.29, 1.82) is 0 Å². The summed E-state index contributed by atoms with van der Waals surface area (Å²) in [6.45, 7) is 3.90. The lowest BCUT2D eigenvalue weighted by Crippen LogP contribution is -2.22. The van der Waals surface area contributed by atoms with E-state index in [0.29, 0.717) is 0 Å². The number of likely N-dealkylation sites (tertiary alicyclic amines) is 1. The van der Waals surface area contributed by atoms with Gasteiger partial charge in [-0.3, -0.25) is 4.79 Å². The molecule has 1 saturated heterocycles. The van der Waals surface area contributed by atoms with E-state index in [-0.39, 0.29) is 6.04 Å². The highest BCUT2D eigenvalue weighted by Crippen LogP contribution is 2.30. The summed E-state index contributed by atoms with van der Waals surface area (Å²) in [6.07, 6.45) is 4.97. The second-order valence-electron chi connectivity index (χ2n) is 4.47. The van der Waals surface area contributed by atoms with Crippen LogP contribution < -0.4 is 4.90 Å². The van der Waals surface area contributed by atoms with Gasteiger partial charge in [-0.15, -0.1) is 0 Å². The number of amides is 1. The van der Waals surface area contributed by atoms with E-state index in [9.17, 15) is 4.79 Å². The van der Waals surface area contributed by atoms with Gasteiger partial charge in [0.15, 0.2) is 0 Å². The Morgan fingerprint density at radius 2 is 2.41 bits per heavy atom. The van der Waals surface area contributed by atoms with E-state index < -0.39 is 0 Å². The number of rotatable bonds is 4. The van der Waals surface area contributed by atoms with Gasteiger partial charge in [0.1, 0.15) is 5.82 Å². The number of carbonyl (C=O) groups excluding carboxylic acids is 1. The maximum absolute atomic E-state index is 10.9. The normalized spacial score (nSPS) is 19.4. The molecule has 1 aliphatic heterocycles. The molecule has 1 atom stereocenters. The van der Waals surface area contributed by atoms with Crippen LogP contribution in [0.25, 0.3) is 0 Å². The van der Waals surface area contributed by atoms with Crippen LogP contribution in [0.5, 0.6) is 0 Å². The van der Waals surface area contributed by atoms with Crippen LogP contribution in [0.2, 0.25) is 0 Å². The molecule has 0 spiro atoms. The first-order valence-electron chi connectivity index (χ1n) is 6.14. The van der Waals surface area contributed by atoms with Crippen LogP contribution in [0.15, 0.2) is 18.3 Å². The summed E-state index contributed by atoms with van der Waals surface area (Å²) < 4.78 is 0. The number of aromatic nitrogens is 1. The van der Waals surface area contributed by atoms with E-state index >= 15 is 0 Å². The molecule has 1 fully saturated rings. The maximum atomic E-state index is 10.9. The Balaban J connectivity index is 2.14. The zero-order chi connectivity index (χ0) is 12.3. The minimum Gasteiger partial charge on any atom is -0.360 e. The third-order valence-corrected chi connectivity index (χ3v) is 3.45. The number of pyridine rings is 1. The van der Waals surface area contributed by atoms with E-state index in [4.69, 9.17) is 0 Å². The Labute approximate surface area is 102 Å². The molecule has 17 heavy (non-hydrogen) atoms. The second kappa shape index (κ2) is 5.17. The molecule has 4 heteroatoms. The van der Waals surface area contributed by atoms with Crippen molar-refractivity contribution in [3.05, 3.63) is 23.9 Å². The highest BCUT2D eigenvalue weighted by Gasteiger charge is 2.24. The molecule has 1 aromatic heterocycles. The van der Waals surface area contributed by atoms with Crippen LogP contribution in [0.4, 0.5) is 5.82 Å². The van der Waals surface area contributed by atoms with Gasteiger partial charge in [-0.05, 0) is 31.4 Å². The SMILES string of the molecule is CCN(C)c1ccc(C2CCCN2C=O)cn1. The molecule has 1 amide bonds. The minimum atomic E-state index is 0.223.